The Kier molecular flexibility index (Phi) is 7.29. The molecule has 2 aliphatic rings. The van der Waals surface area contributed by atoms with Crippen molar-refractivity contribution in [1.29, 1.82) is 0 Å². The molecule has 2 saturated heterocycles. The first kappa shape index (κ1) is 24.0. The number of morpholine rings is 1. The first-order valence-corrected chi connectivity index (χ1v) is 12.4. The quantitative estimate of drug-likeness (QED) is 0.443. The normalized spacial score (nSPS) is 16.7. The van der Waals surface area contributed by atoms with Crippen LogP contribution in [0.4, 0.5) is 22.9 Å². The Morgan fingerprint density at radius 2 is 1.78 bits per heavy atom. The zero-order valence-corrected chi connectivity index (χ0v) is 20.5. The summed E-state index contributed by atoms with van der Waals surface area (Å²) in [5.74, 6) is -0.342. The van der Waals surface area contributed by atoms with Gasteiger partial charge in [0.1, 0.15) is 0 Å². The predicted octanol–water partition coefficient (Wildman–Crippen LogP) is 1.32. The Morgan fingerprint density at radius 3 is 2.50 bits per heavy atom. The molecule has 4 heterocycles. The van der Waals surface area contributed by atoms with Crippen molar-refractivity contribution in [2.24, 2.45) is 0 Å². The first-order valence-electron chi connectivity index (χ1n) is 12.4. The number of carbonyl (C=O) groups excluding carboxylic acids is 1. The zero-order chi connectivity index (χ0) is 24.9. The maximum Gasteiger partial charge on any atom is 0.278 e. The molecule has 0 saturated carbocycles. The Balaban J connectivity index is 1.32. The highest BCUT2D eigenvalue weighted by atomic mass is 16.5. The summed E-state index contributed by atoms with van der Waals surface area (Å²) >= 11 is 0. The third kappa shape index (κ3) is 5.27. The highest BCUT2D eigenvalue weighted by Crippen LogP contribution is 2.28. The van der Waals surface area contributed by atoms with Crippen LogP contribution in [0.3, 0.4) is 0 Å². The Bertz CT molecular complexity index is 1190. The summed E-state index contributed by atoms with van der Waals surface area (Å²) in [7, 11) is 2.02. The van der Waals surface area contributed by atoms with Crippen LogP contribution in [0, 0.1) is 0 Å². The lowest BCUT2D eigenvalue weighted by Gasteiger charge is -2.33. The lowest BCUT2D eigenvalue weighted by atomic mass is 10.0. The van der Waals surface area contributed by atoms with Gasteiger partial charge < -0.3 is 30.8 Å². The van der Waals surface area contributed by atoms with Gasteiger partial charge in [-0.05, 0) is 37.1 Å². The molecular weight excluding hydrogens is 455 g/mol. The third-order valence-corrected chi connectivity index (χ3v) is 6.85. The molecule has 0 aliphatic carbocycles. The molecule has 3 aromatic rings. The molecule has 4 N–H and O–H groups in total. The fourth-order valence-corrected chi connectivity index (χ4v) is 4.72. The molecular formula is C25H31BN8O2. The van der Waals surface area contributed by atoms with Crippen molar-refractivity contribution >= 4 is 36.8 Å². The van der Waals surface area contributed by atoms with Crippen LogP contribution in [-0.4, -0.2) is 74.3 Å². The van der Waals surface area contributed by atoms with E-state index in [1.54, 1.807) is 18.6 Å². The summed E-state index contributed by atoms with van der Waals surface area (Å²) in [6, 6.07) is 10.7. The van der Waals surface area contributed by atoms with E-state index >= 15 is 0 Å². The molecule has 1 amide bonds. The second-order valence-corrected chi connectivity index (χ2v) is 9.03. The van der Waals surface area contributed by atoms with Gasteiger partial charge in [0.05, 0.1) is 42.7 Å². The minimum absolute atomic E-state index is 0.0806. The molecule has 0 radical (unpaired) electrons. The highest BCUT2D eigenvalue weighted by molar-refractivity contribution is 6.07. The summed E-state index contributed by atoms with van der Waals surface area (Å²) < 4.78 is 5.45. The fraction of sp³-hybridized carbons (Fsp3) is 0.360. The van der Waals surface area contributed by atoms with Crippen LogP contribution in [0.2, 0.25) is 0 Å². The number of carbonyl (C=O) groups is 1. The number of nitrogens with one attached hydrogen (secondary N) is 2. The number of nitrogen functional groups attached to an aromatic ring is 1. The largest absolute Gasteiger partial charge is 0.382 e. The summed E-state index contributed by atoms with van der Waals surface area (Å²) in [6.07, 6.45) is 7.20. The number of pyridine rings is 1. The van der Waals surface area contributed by atoms with Crippen LogP contribution >= 0.6 is 0 Å². The van der Waals surface area contributed by atoms with E-state index in [1.807, 2.05) is 26.2 Å². The summed E-state index contributed by atoms with van der Waals surface area (Å²) in [5.41, 5.74) is 10.3. The Morgan fingerprint density at radius 1 is 1.03 bits per heavy atom. The Labute approximate surface area is 211 Å². The number of benzene rings is 1. The van der Waals surface area contributed by atoms with Gasteiger partial charge in [-0.15, -0.1) is 0 Å². The minimum atomic E-state index is -0.423. The number of piperidine rings is 1. The van der Waals surface area contributed by atoms with Crippen LogP contribution in [0.5, 0.6) is 0 Å². The SMILES string of the molecule is BNC1CCN(c2ccc(-c3cnc(N)c(C(=O)Nc4cnccc4N4CCOCC4)n3)cc2)CC1. The number of hydrogen-bond acceptors (Lipinski definition) is 9. The van der Waals surface area contributed by atoms with Gasteiger partial charge in [-0.2, -0.15) is 0 Å². The second kappa shape index (κ2) is 10.9. The molecule has 186 valence electrons. The number of rotatable bonds is 6. The number of ether oxygens (including phenoxy) is 1. The molecule has 10 nitrogen and oxygen atoms in total. The van der Waals surface area contributed by atoms with E-state index in [1.165, 1.54) is 5.69 Å². The smallest absolute Gasteiger partial charge is 0.278 e. The number of anilines is 4. The van der Waals surface area contributed by atoms with Crippen LogP contribution in [0.25, 0.3) is 11.3 Å². The monoisotopic (exact) mass is 486 g/mol. The van der Waals surface area contributed by atoms with Gasteiger partial charge in [-0.1, -0.05) is 12.1 Å². The minimum Gasteiger partial charge on any atom is -0.382 e. The molecule has 5 rings (SSSR count). The number of hydrogen-bond donors (Lipinski definition) is 3. The van der Waals surface area contributed by atoms with Gasteiger partial charge >= 0.3 is 0 Å². The van der Waals surface area contributed by atoms with E-state index in [0.29, 0.717) is 30.6 Å². The molecule has 0 bridgehead atoms. The molecule has 0 atom stereocenters. The standard InChI is InChI=1S/C25H31BN8O2/c26-32-18-6-9-33(10-7-18)19-3-1-17(2-4-19)20-16-29-24(27)23(30-20)25(35)31-21-15-28-8-5-22(21)34-11-13-36-14-12-34/h1-5,8,15-16,18,32H,6-7,9-14,26H2,(H2,27,29)(H,31,35). The number of nitrogens with two attached hydrogens (primary N) is 1. The van der Waals surface area contributed by atoms with E-state index in [4.69, 9.17) is 10.5 Å². The summed E-state index contributed by atoms with van der Waals surface area (Å²) in [6.45, 7) is 4.82. The molecule has 0 spiro atoms. The molecule has 2 aromatic heterocycles. The van der Waals surface area contributed by atoms with Gasteiger partial charge in [-0.3, -0.25) is 9.78 Å². The highest BCUT2D eigenvalue weighted by Gasteiger charge is 2.21. The van der Waals surface area contributed by atoms with E-state index < -0.39 is 5.91 Å². The predicted molar refractivity (Wildman–Crippen MR) is 144 cm³/mol. The summed E-state index contributed by atoms with van der Waals surface area (Å²) in [4.78, 5) is 30.8. The van der Waals surface area contributed by atoms with Crippen LogP contribution in [-0.2, 0) is 4.74 Å². The lowest BCUT2D eigenvalue weighted by Crippen LogP contribution is -2.41. The van der Waals surface area contributed by atoms with Crippen molar-refractivity contribution in [1.82, 2.24) is 20.2 Å². The average Bonchev–Trinajstić information content (AvgIpc) is 2.94. The zero-order valence-electron chi connectivity index (χ0n) is 20.5. The number of amides is 1. The van der Waals surface area contributed by atoms with Gasteiger partial charge in [0.15, 0.2) is 19.5 Å². The van der Waals surface area contributed by atoms with E-state index in [-0.39, 0.29) is 11.5 Å². The van der Waals surface area contributed by atoms with Crippen molar-refractivity contribution in [3.05, 3.63) is 54.6 Å². The first-order chi connectivity index (χ1) is 17.6. The maximum atomic E-state index is 13.2. The van der Waals surface area contributed by atoms with Crippen molar-refractivity contribution in [2.45, 2.75) is 18.9 Å². The van der Waals surface area contributed by atoms with Crippen molar-refractivity contribution < 1.29 is 9.53 Å². The van der Waals surface area contributed by atoms with Gasteiger partial charge in [0.2, 0.25) is 0 Å². The molecule has 2 aliphatic heterocycles. The van der Waals surface area contributed by atoms with E-state index in [9.17, 15) is 4.79 Å². The maximum absolute atomic E-state index is 13.2. The molecule has 1 aromatic carbocycles. The fourth-order valence-electron chi connectivity index (χ4n) is 4.72. The summed E-state index contributed by atoms with van der Waals surface area (Å²) in [5, 5.41) is 6.29. The topological polar surface area (TPSA) is 122 Å². The van der Waals surface area contributed by atoms with E-state index in [2.05, 4.69) is 47.4 Å². The third-order valence-electron chi connectivity index (χ3n) is 6.85. The molecule has 36 heavy (non-hydrogen) atoms. The van der Waals surface area contributed by atoms with Crippen molar-refractivity contribution in [2.75, 3.05) is 60.2 Å². The van der Waals surface area contributed by atoms with Crippen LogP contribution in [0.15, 0.2) is 48.9 Å². The van der Waals surface area contributed by atoms with Crippen molar-refractivity contribution in [3.8, 4) is 11.3 Å². The molecule has 2 fully saturated rings. The van der Waals surface area contributed by atoms with E-state index in [0.717, 1.165) is 50.3 Å². The van der Waals surface area contributed by atoms with Gasteiger partial charge in [0, 0.05) is 43.6 Å². The Hall–Kier alpha value is -3.70. The molecule has 0 unspecified atom stereocenters. The van der Waals surface area contributed by atoms with Crippen LogP contribution < -0.4 is 26.1 Å². The van der Waals surface area contributed by atoms with Gasteiger partial charge in [0.25, 0.3) is 5.91 Å². The molecule has 11 heteroatoms. The second-order valence-electron chi connectivity index (χ2n) is 9.03. The van der Waals surface area contributed by atoms with Gasteiger partial charge in [-0.25, -0.2) is 9.97 Å². The average molecular weight is 486 g/mol. The lowest BCUT2D eigenvalue weighted by molar-refractivity contribution is 0.102. The van der Waals surface area contributed by atoms with Crippen LogP contribution in [0.1, 0.15) is 23.3 Å². The van der Waals surface area contributed by atoms with Crippen molar-refractivity contribution in [3.63, 3.8) is 0 Å². The number of aromatic nitrogens is 3. The number of nitrogens with zero attached hydrogens (tertiary/aromatic N) is 5.